The van der Waals surface area contributed by atoms with Gasteiger partial charge in [-0.3, -0.25) is 0 Å². The molecule has 0 saturated heterocycles. The predicted molar refractivity (Wildman–Crippen MR) is 95.0 cm³/mol. The highest BCUT2D eigenvalue weighted by Gasteiger charge is 2.12. The van der Waals surface area contributed by atoms with E-state index >= 15 is 0 Å². The summed E-state index contributed by atoms with van der Waals surface area (Å²) in [4.78, 5) is 0. The summed E-state index contributed by atoms with van der Waals surface area (Å²) >= 11 is 0. The lowest BCUT2D eigenvalue weighted by Gasteiger charge is -2.19. The van der Waals surface area contributed by atoms with Crippen LogP contribution in [0.3, 0.4) is 0 Å². The average molecular weight is 306 g/mol. The van der Waals surface area contributed by atoms with Crippen LogP contribution in [0.25, 0.3) is 0 Å². The molecule has 0 aliphatic rings. The summed E-state index contributed by atoms with van der Waals surface area (Å²) in [6.45, 7) is 0. The first kappa shape index (κ1) is 14.8. The molecule has 110 valence electrons. The van der Waals surface area contributed by atoms with E-state index in [2.05, 4.69) is 72.8 Å². The maximum atomic E-state index is 9.53. The minimum atomic E-state index is -0.332. The number of aromatic hydroxyl groups is 1. The van der Waals surface area contributed by atoms with E-state index in [1.807, 2.05) is 0 Å². The number of hydrogen-bond donors (Lipinski definition) is 1. The molecular formula is C20H19OP. The van der Waals surface area contributed by atoms with Gasteiger partial charge in [0.2, 0.25) is 0 Å². The van der Waals surface area contributed by atoms with Gasteiger partial charge in [-0.25, -0.2) is 0 Å². The summed E-state index contributed by atoms with van der Waals surface area (Å²) in [5.74, 6) is 0.332. The van der Waals surface area contributed by atoms with Crippen LogP contribution in [0.5, 0.6) is 5.75 Å². The molecule has 3 rings (SSSR count). The fourth-order valence-electron chi connectivity index (χ4n) is 2.51. The number of rotatable bonds is 5. The molecule has 0 unspecified atom stereocenters. The monoisotopic (exact) mass is 306 g/mol. The van der Waals surface area contributed by atoms with Crippen molar-refractivity contribution in [2.24, 2.45) is 0 Å². The van der Waals surface area contributed by atoms with Gasteiger partial charge in [-0.1, -0.05) is 80.7 Å². The summed E-state index contributed by atoms with van der Waals surface area (Å²) in [5, 5.41) is 10.9. The number of benzene rings is 3. The summed E-state index contributed by atoms with van der Waals surface area (Å²) in [7, 11) is -0.332. The van der Waals surface area contributed by atoms with Gasteiger partial charge in [-0.15, -0.1) is 0 Å². The highest BCUT2D eigenvalue weighted by Crippen LogP contribution is 2.42. The van der Waals surface area contributed by atoms with Crippen molar-refractivity contribution in [1.82, 2.24) is 0 Å². The third-order valence-corrected chi connectivity index (χ3v) is 6.17. The van der Waals surface area contributed by atoms with Gasteiger partial charge in [0, 0.05) is 0 Å². The van der Waals surface area contributed by atoms with Crippen LogP contribution in [0, 0.1) is 0 Å². The number of phenolic OH excluding ortho intramolecular Hbond substituents is 1. The Balaban J connectivity index is 1.86. The number of hydrogen-bond acceptors (Lipinski definition) is 1. The van der Waals surface area contributed by atoms with Crippen molar-refractivity contribution in [3.8, 4) is 5.75 Å². The predicted octanol–water partition coefficient (Wildman–Crippen LogP) is 4.90. The lowest BCUT2D eigenvalue weighted by atomic mass is 10.2. The first-order chi connectivity index (χ1) is 10.8. The fourth-order valence-corrected chi connectivity index (χ4v) is 4.86. The van der Waals surface area contributed by atoms with Crippen molar-refractivity contribution in [2.45, 2.75) is 12.3 Å². The zero-order chi connectivity index (χ0) is 15.2. The molecule has 0 aliphatic heterocycles. The van der Waals surface area contributed by atoms with Gasteiger partial charge in [-0.05, 0) is 40.9 Å². The first-order valence-electron chi connectivity index (χ1n) is 7.43. The highest BCUT2D eigenvalue weighted by molar-refractivity contribution is 7.64. The fraction of sp³-hybridized carbons (Fsp3) is 0.100. The van der Waals surface area contributed by atoms with Gasteiger partial charge in [-0.2, -0.15) is 0 Å². The van der Waals surface area contributed by atoms with Crippen molar-refractivity contribution < 1.29 is 5.11 Å². The average Bonchev–Trinajstić information content (AvgIpc) is 2.57. The molecule has 22 heavy (non-hydrogen) atoms. The van der Waals surface area contributed by atoms with E-state index in [1.165, 1.54) is 16.4 Å². The maximum absolute atomic E-state index is 9.53. The van der Waals surface area contributed by atoms with Crippen molar-refractivity contribution in [1.29, 1.82) is 0 Å². The Morgan fingerprint density at radius 2 is 1.05 bits per heavy atom. The van der Waals surface area contributed by atoms with Gasteiger partial charge in [0.1, 0.15) is 5.75 Å². The van der Waals surface area contributed by atoms with Crippen molar-refractivity contribution in [3.63, 3.8) is 0 Å². The summed E-state index contributed by atoms with van der Waals surface area (Å²) in [6.07, 6.45) is 2.13. The molecule has 0 aliphatic carbocycles. The van der Waals surface area contributed by atoms with E-state index in [9.17, 15) is 5.11 Å². The topological polar surface area (TPSA) is 20.2 Å². The Labute approximate surface area is 133 Å². The zero-order valence-electron chi connectivity index (χ0n) is 12.4. The largest absolute Gasteiger partial charge is 0.508 e. The molecule has 2 heteroatoms. The molecule has 1 N–H and O–H groups in total. The second-order valence-corrected chi connectivity index (χ2v) is 7.57. The van der Waals surface area contributed by atoms with Crippen LogP contribution in [0.4, 0.5) is 0 Å². The molecule has 0 amide bonds. The van der Waals surface area contributed by atoms with E-state index in [4.69, 9.17) is 0 Å². The lowest BCUT2D eigenvalue weighted by molar-refractivity contribution is 0.475. The lowest BCUT2D eigenvalue weighted by Crippen LogP contribution is -2.04. The second-order valence-electron chi connectivity index (χ2n) is 5.34. The van der Waals surface area contributed by atoms with Crippen LogP contribution in [0.2, 0.25) is 0 Å². The molecule has 3 aromatic rings. The molecule has 0 aromatic heterocycles. The minimum absolute atomic E-state index is 0.332. The minimum Gasteiger partial charge on any atom is -0.508 e. The molecule has 0 heterocycles. The normalized spacial score (nSPS) is 10.8. The van der Waals surface area contributed by atoms with Gasteiger partial charge in [0.15, 0.2) is 0 Å². The molecule has 0 fully saturated rings. The third kappa shape index (κ3) is 3.96. The van der Waals surface area contributed by atoms with Crippen LogP contribution in [-0.4, -0.2) is 5.11 Å². The zero-order valence-corrected chi connectivity index (χ0v) is 13.3. The van der Waals surface area contributed by atoms with E-state index in [0.29, 0.717) is 5.75 Å². The van der Waals surface area contributed by atoms with E-state index in [1.54, 1.807) is 12.1 Å². The smallest absolute Gasteiger partial charge is 0.115 e. The molecule has 1 nitrogen and oxygen atoms in total. The Morgan fingerprint density at radius 3 is 1.50 bits per heavy atom. The maximum Gasteiger partial charge on any atom is 0.115 e. The second kappa shape index (κ2) is 7.24. The SMILES string of the molecule is Oc1ccc(P(Cc2ccccc2)Cc2ccccc2)cc1. The Morgan fingerprint density at radius 1 is 0.591 bits per heavy atom. The van der Waals surface area contributed by atoms with E-state index in [-0.39, 0.29) is 7.92 Å². The summed E-state index contributed by atoms with van der Waals surface area (Å²) in [6, 6.07) is 29.0. The van der Waals surface area contributed by atoms with Crippen LogP contribution >= 0.6 is 7.92 Å². The Bertz CT molecular complexity index is 651. The summed E-state index contributed by atoms with van der Waals surface area (Å²) < 4.78 is 0. The molecule has 0 spiro atoms. The standard InChI is InChI=1S/C20H19OP/c21-19-11-13-20(14-12-19)22(15-17-7-3-1-4-8-17)16-18-9-5-2-6-10-18/h1-14,21H,15-16H2. The molecule has 0 atom stereocenters. The quantitative estimate of drug-likeness (QED) is 0.665. The third-order valence-electron chi connectivity index (χ3n) is 3.65. The molecule has 3 aromatic carbocycles. The molecule has 0 radical (unpaired) electrons. The van der Waals surface area contributed by atoms with Gasteiger partial charge in [0.05, 0.1) is 0 Å². The number of phenols is 1. The van der Waals surface area contributed by atoms with Crippen LogP contribution in [-0.2, 0) is 12.3 Å². The molecular weight excluding hydrogens is 287 g/mol. The van der Waals surface area contributed by atoms with Crippen LogP contribution in [0.1, 0.15) is 11.1 Å². The van der Waals surface area contributed by atoms with Crippen molar-refractivity contribution in [3.05, 3.63) is 96.1 Å². The van der Waals surface area contributed by atoms with Gasteiger partial charge >= 0.3 is 0 Å². The Hall–Kier alpha value is -2.11. The summed E-state index contributed by atoms with van der Waals surface area (Å²) in [5.41, 5.74) is 2.75. The van der Waals surface area contributed by atoms with Crippen molar-refractivity contribution >= 4 is 13.2 Å². The van der Waals surface area contributed by atoms with Gasteiger partial charge < -0.3 is 5.11 Å². The highest BCUT2D eigenvalue weighted by atomic mass is 31.1. The molecule has 0 saturated carbocycles. The van der Waals surface area contributed by atoms with E-state index < -0.39 is 0 Å². The Kier molecular flexibility index (Phi) is 4.88. The first-order valence-corrected chi connectivity index (χ1v) is 9.14. The molecule has 0 bridgehead atoms. The van der Waals surface area contributed by atoms with Crippen LogP contribution in [0.15, 0.2) is 84.9 Å². The van der Waals surface area contributed by atoms with Crippen molar-refractivity contribution in [2.75, 3.05) is 0 Å². The van der Waals surface area contributed by atoms with E-state index in [0.717, 1.165) is 12.3 Å². The van der Waals surface area contributed by atoms with Crippen LogP contribution < -0.4 is 5.30 Å². The van der Waals surface area contributed by atoms with Gasteiger partial charge in [0.25, 0.3) is 0 Å².